The summed E-state index contributed by atoms with van der Waals surface area (Å²) in [7, 11) is 0. The van der Waals surface area contributed by atoms with Crippen LogP contribution in [0.25, 0.3) is 0 Å². The second-order valence-corrected chi connectivity index (χ2v) is 4.04. The maximum absolute atomic E-state index is 10.6. The molecule has 15 heavy (non-hydrogen) atoms. The standard InChI is InChI=1S/C6H12BrN.C2HF3O2/c7-4-5-1-2-6(8)3-5;3-2(4,5)1(6)7/h5-6H,1-4,8H2;(H,6,7)/t5-,6+;/m0./s1. The number of aliphatic carboxylic acids is 1. The molecule has 0 aliphatic heterocycles. The van der Waals surface area contributed by atoms with Crippen LogP contribution >= 0.6 is 15.9 Å². The van der Waals surface area contributed by atoms with Crippen LogP contribution in [0.1, 0.15) is 19.3 Å². The number of alkyl halides is 4. The minimum atomic E-state index is -5.08. The molecule has 1 saturated carbocycles. The Morgan fingerprint density at radius 3 is 2.07 bits per heavy atom. The summed E-state index contributed by atoms with van der Waals surface area (Å²) in [5.41, 5.74) is 5.68. The first kappa shape index (κ1) is 14.7. The summed E-state index contributed by atoms with van der Waals surface area (Å²) in [5.74, 6) is -1.89. The van der Waals surface area contributed by atoms with Crippen molar-refractivity contribution in [2.45, 2.75) is 31.5 Å². The number of nitrogens with two attached hydrogens (primary N) is 1. The smallest absolute Gasteiger partial charge is 0.475 e. The highest BCUT2D eigenvalue weighted by molar-refractivity contribution is 9.09. The lowest BCUT2D eigenvalue weighted by atomic mass is 10.1. The third kappa shape index (κ3) is 6.72. The predicted octanol–water partition coefficient (Wildman–Crippen LogP) is 2.14. The van der Waals surface area contributed by atoms with Crippen LogP contribution in [0.3, 0.4) is 0 Å². The Kier molecular flexibility index (Phi) is 6.19. The van der Waals surface area contributed by atoms with Crippen LogP contribution in [0, 0.1) is 5.92 Å². The second kappa shape index (κ2) is 6.32. The van der Waals surface area contributed by atoms with Crippen LogP contribution in [0.15, 0.2) is 0 Å². The lowest BCUT2D eigenvalue weighted by Crippen LogP contribution is -2.21. The highest BCUT2D eigenvalue weighted by Gasteiger charge is 2.38. The highest BCUT2D eigenvalue weighted by Crippen LogP contribution is 2.25. The van der Waals surface area contributed by atoms with E-state index in [9.17, 15) is 13.2 Å². The van der Waals surface area contributed by atoms with E-state index in [1.165, 1.54) is 19.3 Å². The molecule has 0 amide bonds. The van der Waals surface area contributed by atoms with Crippen molar-refractivity contribution in [1.29, 1.82) is 0 Å². The van der Waals surface area contributed by atoms with Gasteiger partial charge in [-0.15, -0.1) is 0 Å². The Labute approximate surface area is 94.0 Å². The van der Waals surface area contributed by atoms with Crippen LogP contribution in [-0.2, 0) is 4.79 Å². The minimum Gasteiger partial charge on any atom is -0.475 e. The molecule has 1 aliphatic rings. The van der Waals surface area contributed by atoms with Crippen LogP contribution in [0.2, 0.25) is 0 Å². The molecule has 0 heterocycles. The first-order valence-electron chi connectivity index (χ1n) is 4.39. The maximum atomic E-state index is 10.6. The average Bonchev–Trinajstić information content (AvgIpc) is 2.50. The molecular weight excluding hydrogens is 279 g/mol. The number of halogens is 4. The van der Waals surface area contributed by atoms with Crippen molar-refractivity contribution in [2.75, 3.05) is 5.33 Å². The van der Waals surface area contributed by atoms with Gasteiger partial charge in [-0.3, -0.25) is 0 Å². The van der Waals surface area contributed by atoms with Crippen LogP contribution in [0.4, 0.5) is 13.2 Å². The van der Waals surface area contributed by atoms with Crippen molar-refractivity contribution in [3.63, 3.8) is 0 Å². The topological polar surface area (TPSA) is 63.3 Å². The molecule has 1 rings (SSSR count). The van der Waals surface area contributed by atoms with Gasteiger partial charge < -0.3 is 10.8 Å². The normalized spacial score (nSPS) is 25.7. The molecule has 0 radical (unpaired) electrons. The number of rotatable bonds is 1. The van der Waals surface area contributed by atoms with Crippen LogP contribution in [-0.4, -0.2) is 28.6 Å². The summed E-state index contributed by atoms with van der Waals surface area (Å²) in [6.07, 6.45) is -1.30. The summed E-state index contributed by atoms with van der Waals surface area (Å²) in [5, 5.41) is 8.26. The fourth-order valence-electron chi connectivity index (χ4n) is 1.25. The Morgan fingerprint density at radius 1 is 1.47 bits per heavy atom. The number of carboxylic acid groups (broad SMARTS) is 1. The second-order valence-electron chi connectivity index (χ2n) is 3.40. The van der Waals surface area contributed by atoms with Gasteiger partial charge in [-0.1, -0.05) is 15.9 Å². The average molecular weight is 292 g/mol. The predicted molar refractivity (Wildman–Crippen MR) is 52.8 cm³/mol. The summed E-state index contributed by atoms with van der Waals surface area (Å²) in [6, 6.07) is 0.498. The van der Waals surface area contributed by atoms with Gasteiger partial charge in [0.25, 0.3) is 0 Å². The van der Waals surface area contributed by atoms with Gasteiger partial charge >= 0.3 is 12.1 Å². The largest absolute Gasteiger partial charge is 0.490 e. The van der Waals surface area contributed by atoms with Crippen molar-refractivity contribution in [3.8, 4) is 0 Å². The van der Waals surface area contributed by atoms with Gasteiger partial charge in [-0.25, -0.2) is 4.79 Å². The quantitative estimate of drug-likeness (QED) is 0.728. The molecule has 1 fully saturated rings. The molecule has 90 valence electrons. The van der Waals surface area contributed by atoms with E-state index in [1.54, 1.807) is 0 Å². The van der Waals surface area contributed by atoms with Gasteiger partial charge in [-0.2, -0.15) is 13.2 Å². The summed E-state index contributed by atoms with van der Waals surface area (Å²) >= 11 is 3.45. The molecule has 0 aromatic heterocycles. The zero-order valence-corrected chi connectivity index (χ0v) is 9.51. The van der Waals surface area contributed by atoms with E-state index in [1.807, 2.05) is 0 Å². The lowest BCUT2D eigenvalue weighted by Gasteiger charge is -2.01. The number of hydrogen-bond donors (Lipinski definition) is 2. The highest BCUT2D eigenvalue weighted by atomic mass is 79.9. The zero-order chi connectivity index (χ0) is 12.1. The molecule has 0 aromatic carbocycles. The monoisotopic (exact) mass is 291 g/mol. The summed E-state index contributed by atoms with van der Waals surface area (Å²) in [6.45, 7) is 0. The first-order valence-corrected chi connectivity index (χ1v) is 5.51. The minimum absolute atomic E-state index is 0.498. The molecule has 3 nitrogen and oxygen atoms in total. The van der Waals surface area contributed by atoms with E-state index in [0.29, 0.717) is 6.04 Å². The van der Waals surface area contributed by atoms with E-state index >= 15 is 0 Å². The van der Waals surface area contributed by atoms with Gasteiger partial charge in [0, 0.05) is 11.4 Å². The van der Waals surface area contributed by atoms with Gasteiger partial charge in [0.05, 0.1) is 0 Å². The van der Waals surface area contributed by atoms with Crippen LogP contribution < -0.4 is 5.73 Å². The van der Waals surface area contributed by atoms with Crippen molar-refractivity contribution >= 4 is 21.9 Å². The molecule has 7 heteroatoms. The third-order valence-electron chi connectivity index (χ3n) is 2.04. The van der Waals surface area contributed by atoms with Gasteiger partial charge in [0.1, 0.15) is 0 Å². The Bertz CT molecular complexity index is 211. The van der Waals surface area contributed by atoms with Gasteiger partial charge in [0.2, 0.25) is 0 Å². The van der Waals surface area contributed by atoms with E-state index in [4.69, 9.17) is 15.6 Å². The van der Waals surface area contributed by atoms with Crippen LogP contribution in [0.5, 0.6) is 0 Å². The molecule has 3 N–H and O–H groups in total. The Morgan fingerprint density at radius 2 is 1.93 bits per heavy atom. The van der Waals surface area contributed by atoms with E-state index in [0.717, 1.165) is 11.2 Å². The molecule has 0 aromatic rings. The zero-order valence-electron chi connectivity index (χ0n) is 7.93. The van der Waals surface area contributed by atoms with E-state index in [-0.39, 0.29) is 0 Å². The van der Waals surface area contributed by atoms with Crippen molar-refractivity contribution < 1.29 is 23.1 Å². The fraction of sp³-hybridized carbons (Fsp3) is 0.875. The lowest BCUT2D eigenvalue weighted by molar-refractivity contribution is -0.192. The van der Waals surface area contributed by atoms with Crippen molar-refractivity contribution in [3.05, 3.63) is 0 Å². The van der Waals surface area contributed by atoms with Crippen molar-refractivity contribution in [1.82, 2.24) is 0 Å². The van der Waals surface area contributed by atoms with E-state index < -0.39 is 12.1 Å². The number of carbonyl (C=O) groups is 1. The molecule has 0 bridgehead atoms. The van der Waals surface area contributed by atoms with E-state index in [2.05, 4.69) is 15.9 Å². The van der Waals surface area contributed by atoms with Gasteiger partial charge in [-0.05, 0) is 25.2 Å². The summed E-state index contributed by atoms with van der Waals surface area (Å²) in [4.78, 5) is 8.90. The maximum Gasteiger partial charge on any atom is 0.490 e. The van der Waals surface area contributed by atoms with Crippen molar-refractivity contribution in [2.24, 2.45) is 11.7 Å². The summed E-state index contributed by atoms with van der Waals surface area (Å²) < 4.78 is 31.7. The SMILES string of the molecule is N[C@@H]1CC[C@H](CBr)C1.O=C(O)C(F)(F)F. The van der Waals surface area contributed by atoms with Gasteiger partial charge in [0.15, 0.2) is 0 Å². The fourth-order valence-corrected chi connectivity index (χ4v) is 1.84. The third-order valence-corrected chi connectivity index (χ3v) is 2.96. The Balaban J connectivity index is 0.000000265. The Hall–Kier alpha value is -0.300. The molecular formula is C8H13BrF3NO2. The molecule has 0 spiro atoms. The molecule has 1 aliphatic carbocycles. The molecule has 0 saturated heterocycles. The number of hydrogen-bond acceptors (Lipinski definition) is 2. The number of carboxylic acids is 1. The first-order chi connectivity index (χ1) is 6.77. The molecule has 0 unspecified atom stereocenters. The molecule has 2 atom stereocenters.